The molecule has 19 heavy (non-hydrogen) atoms. The van der Waals surface area contributed by atoms with Gasteiger partial charge in [0, 0.05) is 6.04 Å². The van der Waals surface area contributed by atoms with Gasteiger partial charge in [-0.2, -0.15) is 17.0 Å². The van der Waals surface area contributed by atoms with Gasteiger partial charge in [-0.05, 0) is 42.5 Å². The Kier molecular flexibility index (Phi) is 4.74. The van der Waals surface area contributed by atoms with E-state index in [2.05, 4.69) is 4.72 Å². The minimum absolute atomic E-state index is 0.0297. The number of benzene rings is 1. The molecule has 0 unspecified atom stereocenters. The number of thioether (sulfide) groups is 1. The van der Waals surface area contributed by atoms with Crippen LogP contribution >= 0.6 is 23.4 Å². The van der Waals surface area contributed by atoms with E-state index in [1.54, 1.807) is 0 Å². The van der Waals surface area contributed by atoms with Crippen LogP contribution < -0.4 is 4.72 Å². The van der Waals surface area contributed by atoms with Crippen molar-refractivity contribution in [2.75, 3.05) is 11.5 Å². The zero-order valence-corrected chi connectivity index (χ0v) is 12.5. The van der Waals surface area contributed by atoms with Gasteiger partial charge < -0.3 is 0 Å². The minimum Gasteiger partial charge on any atom is -0.208 e. The summed E-state index contributed by atoms with van der Waals surface area (Å²) in [7, 11) is -3.62. The molecule has 0 saturated carbocycles. The molecule has 1 fully saturated rings. The summed E-state index contributed by atoms with van der Waals surface area (Å²) in [5.41, 5.74) is 0.345. The highest BCUT2D eigenvalue weighted by Crippen LogP contribution is 2.24. The maximum absolute atomic E-state index is 12.2. The van der Waals surface area contributed by atoms with Crippen LogP contribution in [0.15, 0.2) is 23.1 Å². The van der Waals surface area contributed by atoms with Crippen LogP contribution in [0.1, 0.15) is 18.4 Å². The summed E-state index contributed by atoms with van der Waals surface area (Å²) >= 11 is 7.77. The van der Waals surface area contributed by atoms with Crippen molar-refractivity contribution in [3.05, 3.63) is 28.8 Å². The minimum atomic E-state index is -3.62. The van der Waals surface area contributed by atoms with Crippen LogP contribution in [0.2, 0.25) is 5.02 Å². The Bertz CT molecular complexity index is 605. The number of nitriles is 1. The topological polar surface area (TPSA) is 70.0 Å². The summed E-state index contributed by atoms with van der Waals surface area (Å²) in [6.07, 6.45) is 1.66. The first-order valence-electron chi connectivity index (χ1n) is 5.82. The molecule has 1 N–H and O–H groups in total. The first kappa shape index (κ1) is 14.7. The van der Waals surface area contributed by atoms with Crippen LogP contribution in [-0.4, -0.2) is 26.0 Å². The molecule has 0 spiro atoms. The van der Waals surface area contributed by atoms with Gasteiger partial charge in [-0.3, -0.25) is 0 Å². The molecule has 0 radical (unpaired) electrons. The molecule has 0 aromatic heterocycles. The van der Waals surface area contributed by atoms with E-state index in [4.69, 9.17) is 16.9 Å². The second-order valence-electron chi connectivity index (χ2n) is 4.26. The van der Waals surface area contributed by atoms with Gasteiger partial charge in [-0.15, -0.1) is 0 Å². The number of nitrogens with one attached hydrogen (secondary N) is 1. The average Bonchev–Trinajstić information content (AvgIpc) is 2.38. The standard InChI is InChI=1S/C12H13ClN2O2S2/c13-11-7-9(8-14)1-2-12(11)19(16,17)15-10-3-5-18-6-4-10/h1-2,7,10,15H,3-6H2. The lowest BCUT2D eigenvalue weighted by Gasteiger charge is -2.22. The lowest BCUT2D eigenvalue weighted by Crippen LogP contribution is -2.37. The molecule has 0 amide bonds. The van der Waals surface area contributed by atoms with Crippen molar-refractivity contribution in [3.63, 3.8) is 0 Å². The van der Waals surface area contributed by atoms with Crippen LogP contribution in [0.5, 0.6) is 0 Å². The van der Waals surface area contributed by atoms with Crippen molar-refractivity contribution >= 4 is 33.4 Å². The maximum Gasteiger partial charge on any atom is 0.242 e. The van der Waals surface area contributed by atoms with E-state index in [0.29, 0.717) is 5.56 Å². The third-order valence-corrected chi connectivity index (χ3v) is 5.95. The predicted molar refractivity (Wildman–Crippen MR) is 76.8 cm³/mol. The van der Waals surface area contributed by atoms with Crippen LogP contribution in [-0.2, 0) is 10.0 Å². The third kappa shape index (κ3) is 3.63. The van der Waals surface area contributed by atoms with Gasteiger partial charge in [-0.1, -0.05) is 11.6 Å². The molecule has 1 saturated heterocycles. The van der Waals surface area contributed by atoms with E-state index >= 15 is 0 Å². The average molecular weight is 317 g/mol. The molecule has 2 rings (SSSR count). The Morgan fingerprint density at radius 1 is 1.37 bits per heavy atom. The molecule has 1 aliphatic rings. The highest BCUT2D eigenvalue weighted by molar-refractivity contribution is 7.99. The van der Waals surface area contributed by atoms with Gasteiger partial charge in [0.2, 0.25) is 10.0 Å². The van der Waals surface area contributed by atoms with E-state index < -0.39 is 10.0 Å². The number of hydrogen-bond donors (Lipinski definition) is 1. The van der Waals surface area contributed by atoms with E-state index in [0.717, 1.165) is 24.3 Å². The monoisotopic (exact) mass is 316 g/mol. The Morgan fingerprint density at radius 3 is 2.63 bits per heavy atom. The summed E-state index contributed by atoms with van der Waals surface area (Å²) in [5.74, 6) is 1.93. The first-order valence-corrected chi connectivity index (χ1v) is 8.84. The molecule has 1 heterocycles. The lowest BCUT2D eigenvalue weighted by molar-refractivity contribution is 0.529. The van der Waals surface area contributed by atoms with Crippen molar-refractivity contribution < 1.29 is 8.42 Å². The van der Waals surface area contributed by atoms with Gasteiger partial charge in [0.05, 0.1) is 16.7 Å². The molecule has 1 aromatic rings. The SMILES string of the molecule is N#Cc1ccc(S(=O)(=O)NC2CCSCC2)c(Cl)c1. The van der Waals surface area contributed by atoms with Crippen molar-refractivity contribution in [2.24, 2.45) is 0 Å². The second kappa shape index (κ2) is 6.14. The van der Waals surface area contributed by atoms with Gasteiger partial charge >= 0.3 is 0 Å². The lowest BCUT2D eigenvalue weighted by atomic mass is 10.2. The summed E-state index contributed by atoms with van der Waals surface area (Å²) in [6.45, 7) is 0. The number of halogens is 1. The predicted octanol–water partition coefficient (Wildman–Crippen LogP) is 2.39. The van der Waals surface area contributed by atoms with Crippen molar-refractivity contribution in [1.82, 2.24) is 4.72 Å². The number of rotatable bonds is 3. The fraction of sp³-hybridized carbons (Fsp3) is 0.417. The largest absolute Gasteiger partial charge is 0.242 e. The molecule has 102 valence electrons. The first-order chi connectivity index (χ1) is 9.03. The number of sulfonamides is 1. The van der Waals surface area contributed by atoms with Crippen LogP contribution in [0.3, 0.4) is 0 Å². The van der Waals surface area contributed by atoms with E-state index in [-0.39, 0.29) is 16.0 Å². The van der Waals surface area contributed by atoms with Gasteiger partial charge in [-0.25, -0.2) is 13.1 Å². The van der Waals surface area contributed by atoms with Crippen LogP contribution in [0, 0.1) is 11.3 Å². The molecular weight excluding hydrogens is 304 g/mol. The normalized spacial score (nSPS) is 17.1. The number of hydrogen-bond acceptors (Lipinski definition) is 4. The van der Waals surface area contributed by atoms with Gasteiger partial charge in [0.25, 0.3) is 0 Å². The molecular formula is C12H13ClN2O2S2. The Morgan fingerprint density at radius 2 is 2.05 bits per heavy atom. The zero-order valence-electron chi connectivity index (χ0n) is 10.1. The molecule has 4 nitrogen and oxygen atoms in total. The number of nitrogens with zero attached hydrogens (tertiary/aromatic N) is 1. The Labute approximate surface area is 122 Å². The third-order valence-electron chi connectivity index (χ3n) is 2.89. The van der Waals surface area contributed by atoms with Crippen LogP contribution in [0.4, 0.5) is 0 Å². The molecule has 0 bridgehead atoms. The molecule has 0 atom stereocenters. The van der Waals surface area contributed by atoms with Gasteiger partial charge in [0.1, 0.15) is 4.90 Å². The Balaban J connectivity index is 2.22. The quantitative estimate of drug-likeness (QED) is 0.929. The van der Waals surface area contributed by atoms with E-state index in [9.17, 15) is 8.42 Å². The molecule has 1 aromatic carbocycles. The van der Waals surface area contributed by atoms with E-state index in [1.807, 2.05) is 17.8 Å². The Hall–Kier alpha value is -0.740. The molecule has 7 heteroatoms. The van der Waals surface area contributed by atoms with Crippen molar-refractivity contribution in [2.45, 2.75) is 23.8 Å². The van der Waals surface area contributed by atoms with Crippen molar-refractivity contribution in [1.29, 1.82) is 5.26 Å². The summed E-state index contributed by atoms with van der Waals surface area (Å²) in [6, 6.07) is 6.09. The van der Waals surface area contributed by atoms with Crippen molar-refractivity contribution in [3.8, 4) is 6.07 Å². The highest BCUT2D eigenvalue weighted by atomic mass is 35.5. The fourth-order valence-electron chi connectivity index (χ4n) is 1.89. The molecule has 1 aliphatic heterocycles. The van der Waals surface area contributed by atoms with Gasteiger partial charge in [0.15, 0.2) is 0 Å². The van der Waals surface area contributed by atoms with Crippen LogP contribution in [0.25, 0.3) is 0 Å². The zero-order chi connectivity index (χ0) is 13.9. The van der Waals surface area contributed by atoms with E-state index in [1.165, 1.54) is 18.2 Å². The summed E-state index contributed by atoms with van der Waals surface area (Å²) < 4.78 is 27.2. The molecule has 0 aliphatic carbocycles. The highest BCUT2D eigenvalue weighted by Gasteiger charge is 2.24. The summed E-state index contributed by atoms with van der Waals surface area (Å²) in [5, 5.41) is 8.82. The second-order valence-corrected chi connectivity index (χ2v) is 7.58. The maximum atomic E-state index is 12.2. The summed E-state index contributed by atoms with van der Waals surface area (Å²) in [4.78, 5) is 0.0337. The fourth-order valence-corrected chi connectivity index (χ4v) is 4.84. The smallest absolute Gasteiger partial charge is 0.208 e.